The van der Waals surface area contributed by atoms with E-state index in [1.807, 2.05) is 51.2 Å². The molecule has 0 aliphatic rings. The van der Waals surface area contributed by atoms with E-state index < -0.39 is 0 Å². The smallest absolute Gasteiger partial charge is 0.272 e. The van der Waals surface area contributed by atoms with Crippen LogP contribution in [-0.2, 0) is 13.1 Å². The Kier molecular flexibility index (Phi) is 4.60. The Morgan fingerprint density at radius 1 is 1.40 bits per heavy atom. The maximum Gasteiger partial charge on any atom is 0.272 e. The molecule has 0 unspecified atom stereocenters. The molecule has 0 atom stereocenters. The van der Waals surface area contributed by atoms with Crippen molar-refractivity contribution in [2.24, 2.45) is 0 Å². The monoisotopic (exact) mass is 335 g/mol. The number of nitrogens with zero attached hydrogens (tertiary/aromatic N) is 3. The third kappa shape index (κ3) is 3.10. The summed E-state index contributed by atoms with van der Waals surface area (Å²) in [5.74, 6) is -0.0109. The fourth-order valence-electron chi connectivity index (χ4n) is 2.11. The Morgan fingerprint density at radius 2 is 2.10 bits per heavy atom. The lowest BCUT2D eigenvalue weighted by Crippen LogP contribution is -2.28. The van der Waals surface area contributed by atoms with Gasteiger partial charge in [-0.25, -0.2) is 0 Å². The van der Waals surface area contributed by atoms with Crippen LogP contribution in [0.1, 0.15) is 28.7 Å². The van der Waals surface area contributed by atoms with Crippen LogP contribution in [-0.4, -0.2) is 27.6 Å². The van der Waals surface area contributed by atoms with Crippen molar-refractivity contribution in [1.29, 1.82) is 0 Å². The fraction of sp³-hybridized carbons (Fsp3) is 0.333. The lowest BCUT2D eigenvalue weighted by atomic mass is 10.2. The molecule has 0 saturated heterocycles. The van der Waals surface area contributed by atoms with Gasteiger partial charge in [-0.3, -0.25) is 9.48 Å². The first-order valence-corrected chi connectivity index (χ1v) is 7.35. The molecular formula is C15H18BrN3O. The number of amides is 1. The van der Waals surface area contributed by atoms with Gasteiger partial charge in [0, 0.05) is 24.6 Å². The van der Waals surface area contributed by atoms with Crippen LogP contribution in [0.5, 0.6) is 0 Å². The molecule has 0 N–H and O–H groups in total. The lowest BCUT2D eigenvalue weighted by molar-refractivity contribution is 0.0772. The van der Waals surface area contributed by atoms with Gasteiger partial charge in [-0.2, -0.15) is 5.10 Å². The minimum atomic E-state index is -0.0109. The van der Waals surface area contributed by atoms with E-state index in [-0.39, 0.29) is 5.91 Å². The molecule has 0 spiro atoms. The summed E-state index contributed by atoms with van der Waals surface area (Å²) in [6.45, 7) is 5.14. The highest BCUT2D eigenvalue weighted by atomic mass is 79.9. The van der Waals surface area contributed by atoms with Crippen molar-refractivity contribution in [3.63, 3.8) is 0 Å². The second kappa shape index (κ2) is 6.22. The Labute approximate surface area is 127 Å². The van der Waals surface area contributed by atoms with Crippen molar-refractivity contribution >= 4 is 21.8 Å². The number of hydrogen-bond acceptors (Lipinski definition) is 2. The van der Waals surface area contributed by atoms with E-state index in [9.17, 15) is 4.79 Å². The number of carbonyl (C=O) groups excluding carboxylic acids is 1. The van der Waals surface area contributed by atoms with E-state index in [2.05, 4.69) is 21.0 Å². The second-order valence-electron chi connectivity index (χ2n) is 4.74. The molecule has 0 saturated carbocycles. The van der Waals surface area contributed by atoms with Gasteiger partial charge >= 0.3 is 0 Å². The van der Waals surface area contributed by atoms with Gasteiger partial charge in [0.15, 0.2) is 0 Å². The van der Waals surface area contributed by atoms with E-state index in [4.69, 9.17) is 0 Å². The predicted octanol–water partition coefficient (Wildman–Crippen LogP) is 3.25. The molecule has 20 heavy (non-hydrogen) atoms. The summed E-state index contributed by atoms with van der Waals surface area (Å²) in [7, 11) is 1.81. The lowest BCUT2D eigenvalue weighted by Gasteiger charge is -2.18. The molecule has 1 heterocycles. The topological polar surface area (TPSA) is 38.1 Å². The van der Waals surface area contributed by atoms with Crippen LogP contribution in [0.4, 0.5) is 0 Å². The molecule has 5 heteroatoms. The van der Waals surface area contributed by atoms with Crippen molar-refractivity contribution in [1.82, 2.24) is 14.7 Å². The van der Waals surface area contributed by atoms with Crippen LogP contribution in [0.25, 0.3) is 0 Å². The minimum absolute atomic E-state index is 0.0109. The zero-order valence-electron chi connectivity index (χ0n) is 11.9. The van der Waals surface area contributed by atoms with E-state index in [0.717, 1.165) is 15.7 Å². The van der Waals surface area contributed by atoms with E-state index in [1.165, 1.54) is 0 Å². The van der Waals surface area contributed by atoms with Gasteiger partial charge in [0.2, 0.25) is 0 Å². The summed E-state index contributed by atoms with van der Waals surface area (Å²) in [5, 5.41) is 4.32. The minimum Gasteiger partial charge on any atom is -0.336 e. The number of halogens is 1. The molecule has 106 valence electrons. The zero-order valence-corrected chi connectivity index (χ0v) is 13.5. The summed E-state index contributed by atoms with van der Waals surface area (Å²) in [6.07, 6.45) is 0. The van der Waals surface area contributed by atoms with Crippen LogP contribution in [0.3, 0.4) is 0 Å². The zero-order chi connectivity index (χ0) is 14.7. The molecular weight excluding hydrogens is 318 g/mol. The summed E-state index contributed by atoms with van der Waals surface area (Å²) in [6, 6.07) is 9.76. The standard InChI is InChI=1S/C15H18BrN3O/c1-4-19-14(9-11(2)17-19)15(20)18(3)10-12-7-5-6-8-13(12)16/h5-9H,4,10H2,1-3H3. The molecule has 4 nitrogen and oxygen atoms in total. The second-order valence-corrected chi connectivity index (χ2v) is 5.59. The van der Waals surface area contributed by atoms with Crippen molar-refractivity contribution in [3.8, 4) is 0 Å². The highest BCUT2D eigenvalue weighted by Gasteiger charge is 2.18. The highest BCUT2D eigenvalue weighted by molar-refractivity contribution is 9.10. The number of aryl methyl sites for hydroxylation is 2. The Bertz CT molecular complexity index is 621. The highest BCUT2D eigenvalue weighted by Crippen LogP contribution is 2.18. The largest absolute Gasteiger partial charge is 0.336 e. The number of hydrogen-bond donors (Lipinski definition) is 0. The van der Waals surface area contributed by atoms with E-state index in [0.29, 0.717) is 18.8 Å². The van der Waals surface area contributed by atoms with E-state index in [1.54, 1.807) is 9.58 Å². The van der Waals surface area contributed by atoms with Crippen molar-refractivity contribution in [2.75, 3.05) is 7.05 Å². The van der Waals surface area contributed by atoms with Gasteiger partial charge in [-0.05, 0) is 31.5 Å². The molecule has 0 radical (unpaired) electrons. The van der Waals surface area contributed by atoms with Gasteiger partial charge in [0.25, 0.3) is 5.91 Å². The first-order valence-electron chi connectivity index (χ1n) is 6.56. The third-order valence-electron chi connectivity index (χ3n) is 3.13. The van der Waals surface area contributed by atoms with Crippen LogP contribution in [0.15, 0.2) is 34.8 Å². The Morgan fingerprint density at radius 3 is 2.75 bits per heavy atom. The van der Waals surface area contributed by atoms with Gasteiger partial charge in [-0.15, -0.1) is 0 Å². The van der Waals surface area contributed by atoms with Gasteiger partial charge < -0.3 is 4.90 Å². The Hall–Kier alpha value is -1.62. The van der Waals surface area contributed by atoms with Crippen LogP contribution in [0, 0.1) is 6.92 Å². The van der Waals surface area contributed by atoms with Gasteiger partial charge in [-0.1, -0.05) is 34.1 Å². The molecule has 0 bridgehead atoms. The quantitative estimate of drug-likeness (QED) is 0.860. The maximum absolute atomic E-state index is 12.5. The number of aromatic nitrogens is 2. The molecule has 1 aromatic carbocycles. The van der Waals surface area contributed by atoms with Crippen molar-refractivity contribution in [3.05, 3.63) is 51.8 Å². The van der Waals surface area contributed by atoms with E-state index >= 15 is 0 Å². The Balaban J connectivity index is 2.18. The van der Waals surface area contributed by atoms with Crippen molar-refractivity contribution < 1.29 is 4.79 Å². The summed E-state index contributed by atoms with van der Waals surface area (Å²) in [4.78, 5) is 14.2. The molecule has 2 rings (SSSR count). The molecule has 0 fully saturated rings. The van der Waals surface area contributed by atoms with Crippen LogP contribution in [0.2, 0.25) is 0 Å². The molecule has 2 aromatic rings. The normalized spacial score (nSPS) is 10.6. The summed E-state index contributed by atoms with van der Waals surface area (Å²) >= 11 is 3.51. The average molecular weight is 336 g/mol. The number of benzene rings is 1. The number of rotatable bonds is 4. The van der Waals surface area contributed by atoms with Crippen molar-refractivity contribution in [2.45, 2.75) is 26.9 Å². The average Bonchev–Trinajstić information content (AvgIpc) is 2.81. The molecule has 0 aliphatic carbocycles. The molecule has 1 amide bonds. The molecule has 0 aliphatic heterocycles. The first kappa shape index (κ1) is 14.8. The summed E-state index contributed by atoms with van der Waals surface area (Å²) in [5.41, 5.74) is 2.59. The SMILES string of the molecule is CCn1nc(C)cc1C(=O)N(C)Cc1ccccc1Br. The third-order valence-corrected chi connectivity index (χ3v) is 3.91. The summed E-state index contributed by atoms with van der Waals surface area (Å²) < 4.78 is 2.76. The number of carbonyl (C=O) groups is 1. The van der Waals surface area contributed by atoms with Crippen LogP contribution >= 0.6 is 15.9 Å². The van der Waals surface area contributed by atoms with Gasteiger partial charge in [0.05, 0.1) is 5.69 Å². The predicted molar refractivity (Wildman–Crippen MR) is 82.6 cm³/mol. The molecule has 1 aromatic heterocycles. The maximum atomic E-state index is 12.5. The van der Waals surface area contributed by atoms with Crippen LogP contribution < -0.4 is 0 Å². The first-order chi connectivity index (χ1) is 9.52. The fourth-order valence-corrected chi connectivity index (χ4v) is 2.52. The van der Waals surface area contributed by atoms with Gasteiger partial charge in [0.1, 0.15) is 5.69 Å².